The summed E-state index contributed by atoms with van der Waals surface area (Å²) in [6, 6.07) is 7.97. The molecule has 1 aromatic heterocycles. The molecule has 1 amide bonds. The van der Waals surface area contributed by atoms with Gasteiger partial charge in [-0.1, -0.05) is 11.6 Å². The van der Waals surface area contributed by atoms with E-state index in [0.29, 0.717) is 33.9 Å². The maximum absolute atomic E-state index is 12.8. The lowest BCUT2D eigenvalue weighted by Crippen LogP contribution is -2.53. The standard InChI is InChI=1S/C27H34ClN7O2/c28-25-15-24(4-1-19(25)16-29)37-23-5-2-21(3-6-23)33-26(36)20-17-31-27(32-18-20)35-13-11-34(12-14-35)22-7-9-30-10-8-22/h1,4,15,17-18,21-23,30H,2-3,5-14H2,(H,33,36)/t21-,23-. The Morgan fingerprint density at radius 3 is 2.41 bits per heavy atom. The van der Waals surface area contributed by atoms with Crippen LogP contribution in [0.3, 0.4) is 0 Å². The number of anilines is 1. The van der Waals surface area contributed by atoms with Crippen molar-refractivity contribution in [1.29, 1.82) is 5.26 Å². The third kappa shape index (κ3) is 6.50. The van der Waals surface area contributed by atoms with Crippen LogP contribution in [0.4, 0.5) is 5.95 Å². The summed E-state index contributed by atoms with van der Waals surface area (Å²) in [6.07, 6.45) is 9.13. The summed E-state index contributed by atoms with van der Waals surface area (Å²) < 4.78 is 6.05. The third-order valence-electron chi connectivity index (χ3n) is 7.70. The van der Waals surface area contributed by atoms with E-state index in [9.17, 15) is 4.79 Å². The molecule has 3 heterocycles. The molecule has 1 aromatic carbocycles. The van der Waals surface area contributed by atoms with Crippen LogP contribution in [0, 0.1) is 11.3 Å². The molecule has 196 valence electrons. The number of piperazine rings is 1. The van der Waals surface area contributed by atoms with Gasteiger partial charge < -0.3 is 20.3 Å². The molecule has 0 atom stereocenters. The van der Waals surface area contributed by atoms with E-state index in [1.807, 2.05) is 0 Å². The number of carbonyl (C=O) groups excluding carboxylic acids is 1. The molecule has 0 spiro atoms. The zero-order chi connectivity index (χ0) is 25.6. The highest BCUT2D eigenvalue weighted by atomic mass is 35.5. The van der Waals surface area contributed by atoms with Crippen LogP contribution >= 0.6 is 11.6 Å². The van der Waals surface area contributed by atoms with E-state index in [0.717, 1.165) is 65.0 Å². The SMILES string of the molecule is N#Cc1ccc(O[C@H]2CC[C@H](NC(=O)c3cnc(N4CCN(C5CCNCC5)CC4)nc3)CC2)cc1Cl. The largest absolute Gasteiger partial charge is 0.490 e. The minimum absolute atomic E-state index is 0.0648. The van der Waals surface area contributed by atoms with Gasteiger partial charge in [0.1, 0.15) is 11.8 Å². The van der Waals surface area contributed by atoms with Gasteiger partial charge in [-0.05, 0) is 63.7 Å². The van der Waals surface area contributed by atoms with Crippen LogP contribution in [0.5, 0.6) is 5.75 Å². The van der Waals surface area contributed by atoms with Crippen molar-refractivity contribution in [3.63, 3.8) is 0 Å². The van der Waals surface area contributed by atoms with Gasteiger partial charge in [0.25, 0.3) is 5.91 Å². The Labute approximate surface area is 223 Å². The highest BCUT2D eigenvalue weighted by molar-refractivity contribution is 6.31. The number of aromatic nitrogens is 2. The van der Waals surface area contributed by atoms with Crippen molar-refractivity contribution in [1.82, 2.24) is 25.5 Å². The quantitative estimate of drug-likeness (QED) is 0.595. The van der Waals surface area contributed by atoms with E-state index in [4.69, 9.17) is 21.6 Å². The van der Waals surface area contributed by atoms with Crippen LogP contribution in [0.25, 0.3) is 0 Å². The molecule has 1 aliphatic carbocycles. The fourth-order valence-electron chi connectivity index (χ4n) is 5.51. The maximum Gasteiger partial charge on any atom is 0.254 e. The number of nitriles is 1. The average Bonchev–Trinajstić information content (AvgIpc) is 2.95. The van der Waals surface area contributed by atoms with E-state index in [2.05, 4.69) is 36.5 Å². The second-order valence-corrected chi connectivity index (χ2v) is 10.5. The molecule has 2 aromatic rings. The van der Waals surface area contributed by atoms with E-state index in [-0.39, 0.29) is 18.1 Å². The predicted octanol–water partition coefficient (Wildman–Crippen LogP) is 3.00. The Bertz CT molecular complexity index is 1100. The van der Waals surface area contributed by atoms with Gasteiger partial charge in [0.05, 0.1) is 22.3 Å². The topological polar surface area (TPSA) is 106 Å². The van der Waals surface area contributed by atoms with Crippen LogP contribution in [0.1, 0.15) is 54.4 Å². The number of rotatable bonds is 6. The number of hydrogen-bond donors (Lipinski definition) is 2. The summed E-state index contributed by atoms with van der Waals surface area (Å²) in [6.45, 7) is 6.11. The van der Waals surface area contributed by atoms with Crippen molar-refractivity contribution in [3.8, 4) is 11.8 Å². The molecule has 2 aliphatic heterocycles. The van der Waals surface area contributed by atoms with Gasteiger partial charge >= 0.3 is 0 Å². The van der Waals surface area contributed by atoms with Crippen LogP contribution in [0.2, 0.25) is 5.02 Å². The fourth-order valence-corrected chi connectivity index (χ4v) is 5.72. The number of amides is 1. The first-order chi connectivity index (χ1) is 18.1. The van der Waals surface area contributed by atoms with Crippen molar-refractivity contribution in [2.24, 2.45) is 0 Å². The number of piperidine rings is 1. The number of nitrogens with zero attached hydrogens (tertiary/aromatic N) is 5. The van der Waals surface area contributed by atoms with E-state index in [1.165, 1.54) is 12.8 Å². The molecule has 2 N–H and O–H groups in total. The van der Waals surface area contributed by atoms with Gasteiger partial charge in [0.2, 0.25) is 5.95 Å². The van der Waals surface area contributed by atoms with Gasteiger partial charge in [-0.3, -0.25) is 9.69 Å². The van der Waals surface area contributed by atoms with Crippen LogP contribution in [0.15, 0.2) is 30.6 Å². The summed E-state index contributed by atoms with van der Waals surface area (Å²) in [5, 5.41) is 16.0. The number of halogens is 1. The number of nitrogens with one attached hydrogen (secondary N) is 2. The Morgan fingerprint density at radius 1 is 1.05 bits per heavy atom. The lowest BCUT2D eigenvalue weighted by Gasteiger charge is -2.40. The van der Waals surface area contributed by atoms with E-state index < -0.39 is 0 Å². The second kappa shape index (κ2) is 12.1. The number of hydrogen-bond acceptors (Lipinski definition) is 8. The summed E-state index contributed by atoms with van der Waals surface area (Å²) in [4.78, 5) is 26.6. The zero-order valence-corrected chi connectivity index (χ0v) is 21.8. The van der Waals surface area contributed by atoms with Crippen molar-refractivity contribution in [2.45, 2.75) is 56.7 Å². The lowest BCUT2D eigenvalue weighted by atomic mass is 9.92. The van der Waals surface area contributed by atoms with Gasteiger partial charge in [0, 0.05) is 56.7 Å². The van der Waals surface area contributed by atoms with Crippen molar-refractivity contribution < 1.29 is 9.53 Å². The lowest BCUT2D eigenvalue weighted by molar-refractivity contribution is 0.0893. The molecule has 0 unspecified atom stereocenters. The molecular weight excluding hydrogens is 490 g/mol. The normalized spacial score (nSPS) is 23.3. The summed E-state index contributed by atoms with van der Waals surface area (Å²) in [5.41, 5.74) is 0.926. The molecule has 3 aliphatic rings. The van der Waals surface area contributed by atoms with Crippen molar-refractivity contribution in [3.05, 3.63) is 46.7 Å². The van der Waals surface area contributed by atoms with Crippen LogP contribution in [-0.2, 0) is 0 Å². The molecular formula is C27H34ClN7O2. The summed E-state index contributed by atoms with van der Waals surface area (Å²) in [5.74, 6) is 1.23. The molecule has 0 bridgehead atoms. The Morgan fingerprint density at radius 2 is 1.76 bits per heavy atom. The number of carbonyl (C=O) groups is 1. The Hall–Kier alpha value is -2.93. The first-order valence-electron chi connectivity index (χ1n) is 13.3. The van der Waals surface area contributed by atoms with Crippen LogP contribution < -0.4 is 20.3 Å². The minimum atomic E-state index is -0.134. The fraction of sp³-hybridized carbons (Fsp3) is 0.556. The van der Waals surface area contributed by atoms with Gasteiger partial charge in [-0.15, -0.1) is 0 Å². The number of benzene rings is 1. The molecule has 9 nitrogen and oxygen atoms in total. The predicted molar refractivity (Wildman–Crippen MR) is 142 cm³/mol. The zero-order valence-electron chi connectivity index (χ0n) is 21.0. The highest BCUT2D eigenvalue weighted by Gasteiger charge is 2.27. The molecule has 3 fully saturated rings. The smallest absolute Gasteiger partial charge is 0.254 e. The van der Waals surface area contributed by atoms with Gasteiger partial charge in [0.15, 0.2) is 0 Å². The van der Waals surface area contributed by atoms with Crippen molar-refractivity contribution in [2.75, 3.05) is 44.2 Å². The average molecular weight is 524 g/mol. The van der Waals surface area contributed by atoms with E-state index >= 15 is 0 Å². The third-order valence-corrected chi connectivity index (χ3v) is 8.01. The van der Waals surface area contributed by atoms with Gasteiger partial charge in [-0.2, -0.15) is 5.26 Å². The summed E-state index contributed by atoms with van der Waals surface area (Å²) >= 11 is 6.11. The van der Waals surface area contributed by atoms with E-state index in [1.54, 1.807) is 30.6 Å². The molecule has 5 rings (SSSR count). The molecule has 10 heteroatoms. The monoisotopic (exact) mass is 523 g/mol. The Kier molecular flexibility index (Phi) is 8.39. The first kappa shape index (κ1) is 25.7. The van der Waals surface area contributed by atoms with Crippen molar-refractivity contribution >= 4 is 23.5 Å². The minimum Gasteiger partial charge on any atom is -0.490 e. The van der Waals surface area contributed by atoms with Crippen LogP contribution in [-0.4, -0.2) is 78.2 Å². The Balaban J connectivity index is 1.06. The summed E-state index contributed by atoms with van der Waals surface area (Å²) in [7, 11) is 0. The van der Waals surface area contributed by atoms with Gasteiger partial charge in [-0.25, -0.2) is 9.97 Å². The molecule has 2 saturated heterocycles. The molecule has 0 radical (unpaired) electrons. The molecule has 1 saturated carbocycles. The number of ether oxygens (including phenoxy) is 1. The molecule has 37 heavy (non-hydrogen) atoms. The highest BCUT2D eigenvalue weighted by Crippen LogP contribution is 2.27. The second-order valence-electron chi connectivity index (χ2n) is 10.1. The first-order valence-corrected chi connectivity index (χ1v) is 13.7. The maximum atomic E-state index is 12.8.